The minimum Gasteiger partial charge on any atom is -0.270 e. The Morgan fingerprint density at radius 3 is 2.33 bits per heavy atom. The van der Waals surface area contributed by atoms with E-state index in [-0.39, 0.29) is 0 Å². The smallest absolute Gasteiger partial charge is 0.195 e. The van der Waals surface area contributed by atoms with Gasteiger partial charge in [-0.2, -0.15) is 0 Å². The zero-order valence-corrected chi connectivity index (χ0v) is 13.2. The molecule has 0 atom stereocenters. The largest absolute Gasteiger partial charge is 0.270 e. The predicted molar refractivity (Wildman–Crippen MR) is 88.1 cm³/mol. The molecule has 0 saturated carbocycles. The maximum absolute atomic E-state index is 4.38. The lowest BCUT2D eigenvalue weighted by molar-refractivity contribution is 0.887. The number of benzene rings is 2. The van der Waals surface area contributed by atoms with Crippen molar-refractivity contribution >= 4 is 11.8 Å². The van der Waals surface area contributed by atoms with Gasteiger partial charge in [-0.05, 0) is 43.4 Å². The second-order valence-corrected chi connectivity index (χ2v) is 5.75. The third-order valence-electron chi connectivity index (χ3n) is 3.60. The molecule has 3 rings (SSSR count). The first-order chi connectivity index (χ1) is 10.2. The van der Waals surface area contributed by atoms with Gasteiger partial charge in [0.25, 0.3) is 0 Å². The van der Waals surface area contributed by atoms with Crippen molar-refractivity contribution < 1.29 is 0 Å². The van der Waals surface area contributed by atoms with Gasteiger partial charge in [-0.15, -0.1) is 10.2 Å². The summed E-state index contributed by atoms with van der Waals surface area (Å²) >= 11 is 1.61. The Balaban J connectivity index is 2.21. The summed E-state index contributed by atoms with van der Waals surface area (Å²) in [6.07, 6.45) is 2.02. The van der Waals surface area contributed by atoms with E-state index in [1.165, 1.54) is 11.1 Å². The van der Waals surface area contributed by atoms with Gasteiger partial charge in [-0.1, -0.05) is 48.2 Å². The van der Waals surface area contributed by atoms with E-state index < -0.39 is 0 Å². The molecule has 3 nitrogen and oxygen atoms in total. The fraction of sp³-hybridized carbons (Fsp3) is 0.176. The molecule has 0 aliphatic rings. The van der Waals surface area contributed by atoms with Gasteiger partial charge in [0.05, 0.1) is 5.69 Å². The molecule has 0 amide bonds. The fourth-order valence-corrected chi connectivity index (χ4v) is 2.77. The second kappa shape index (κ2) is 5.74. The molecule has 0 saturated heterocycles. The van der Waals surface area contributed by atoms with Gasteiger partial charge in [0, 0.05) is 5.56 Å². The van der Waals surface area contributed by atoms with Crippen molar-refractivity contribution in [2.24, 2.45) is 0 Å². The van der Waals surface area contributed by atoms with Crippen LogP contribution >= 0.6 is 11.8 Å². The Morgan fingerprint density at radius 2 is 1.67 bits per heavy atom. The van der Waals surface area contributed by atoms with Crippen LogP contribution < -0.4 is 0 Å². The summed E-state index contributed by atoms with van der Waals surface area (Å²) < 4.78 is 2.12. The Hall–Kier alpha value is -2.07. The van der Waals surface area contributed by atoms with Crippen LogP contribution in [0.5, 0.6) is 0 Å². The molecule has 1 aromatic heterocycles. The molecule has 0 aliphatic carbocycles. The molecule has 3 aromatic rings. The van der Waals surface area contributed by atoms with Gasteiger partial charge in [-0.3, -0.25) is 4.57 Å². The van der Waals surface area contributed by atoms with Crippen molar-refractivity contribution in [3.05, 3.63) is 59.7 Å². The molecule has 0 radical (unpaired) electrons. The highest BCUT2D eigenvalue weighted by Crippen LogP contribution is 2.27. The zero-order chi connectivity index (χ0) is 14.8. The van der Waals surface area contributed by atoms with Crippen LogP contribution in [0.4, 0.5) is 0 Å². The molecule has 2 aromatic carbocycles. The zero-order valence-electron chi connectivity index (χ0n) is 12.4. The molecular weight excluding hydrogens is 278 g/mol. The predicted octanol–water partition coefficient (Wildman–Crippen LogP) is 4.27. The van der Waals surface area contributed by atoms with Crippen molar-refractivity contribution in [3.63, 3.8) is 0 Å². The summed E-state index contributed by atoms with van der Waals surface area (Å²) in [5.41, 5.74) is 4.74. The van der Waals surface area contributed by atoms with E-state index in [9.17, 15) is 0 Å². The standard InChI is InChI=1S/C17H17N3S/c1-12-9-10-15(11-13(12)2)20-16(18-19-17(20)21-3)14-7-5-4-6-8-14/h4-11H,1-3H3. The highest BCUT2D eigenvalue weighted by Gasteiger charge is 2.15. The quantitative estimate of drug-likeness (QED) is 0.676. The molecule has 0 N–H and O–H groups in total. The van der Waals surface area contributed by atoms with Crippen molar-refractivity contribution in [1.82, 2.24) is 14.8 Å². The van der Waals surface area contributed by atoms with Crippen molar-refractivity contribution in [2.45, 2.75) is 19.0 Å². The highest BCUT2D eigenvalue weighted by atomic mass is 32.2. The summed E-state index contributed by atoms with van der Waals surface area (Å²) in [6.45, 7) is 4.25. The van der Waals surface area contributed by atoms with Crippen LogP contribution in [0.3, 0.4) is 0 Å². The first kappa shape index (κ1) is 13.9. The van der Waals surface area contributed by atoms with Crippen LogP contribution in [0, 0.1) is 13.8 Å². The fourth-order valence-electron chi connectivity index (χ4n) is 2.27. The molecule has 21 heavy (non-hydrogen) atoms. The van der Waals surface area contributed by atoms with Crippen molar-refractivity contribution in [2.75, 3.05) is 6.26 Å². The Kier molecular flexibility index (Phi) is 3.80. The monoisotopic (exact) mass is 295 g/mol. The molecule has 0 unspecified atom stereocenters. The van der Waals surface area contributed by atoms with Crippen LogP contribution in [-0.4, -0.2) is 21.0 Å². The number of nitrogens with zero attached hydrogens (tertiary/aromatic N) is 3. The summed E-state index contributed by atoms with van der Waals surface area (Å²) in [5, 5.41) is 9.59. The number of thioether (sulfide) groups is 1. The van der Waals surface area contributed by atoms with Crippen LogP contribution in [0.15, 0.2) is 53.7 Å². The van der Waals surface area contributed by atoms with Crippen molar-refractivity contribution in [3.8, 4) is 17.1 Å². The van der Waals surface area contributed by atoms with Crippen LogP contribution in [0.2, 0.25) is 0 Å². The summed E-state index contributed by atoms with van der Waals surface area (Å²) in [4.78, 5) is 0. The first-order valence-electron chi connectivity index (χ1n) is 6.83. The van der Waals surface area contributed by atoms with Gasteiger partial charge in [0.15, 0.2) is 11.0 Å². The Bertz CT molecular complexity index is 763. The molecule has 0 fully saturated rings. The molecule has 0 aliphatic heterocycles. The lowest BCUT2D eigenvalue weighted by atomic mass is 10.1. The van der Waals surface area contributed by atoms with E-state index in [1.54, 1.807) is 11.8 Å². The van der Waals surface area contributed by atoms with Gasteiger partial charge in [-0.25, -0.2) is 0 Å². The van der Waals surface area contributed by atoms with Gasteiger partial charge >= 0.3 is 0 Å². The van der Waals surface area contributed by atoms with Crippen LogP contribution in [0.1, 0.15) is 11.1 Å². The Morgan fingerprint density at radius 1 is 0.905 bits per heavy atom. The first-order valence-corrected chi connectivity index (χ1v) is 8.05. The van der Waals surface area contributed by atoms with Gasteiger partial charge in [0.1, 0.15) is 0 Å². The highest BCUT2D eigenvalue weighted by molar-refractivity contribution is 7.98. The van der Waals surface area contributed by atoms with Crippen LogP contribution in [0.25, 0.3) is 17.1 Å². The Labute approximate surface area is 129 Å². The van der Waals surface area contributed by atoms with Gasteiger partial charge in [0.2, 0.25) is 0 Å². The molecular formula is C17H17N3S. The summed E-state index contributed by atoms with van der Waals surface area (Å²) in [6, 6.07) is 16.6. The maximum Gasteiger partial charge on any atom is 0.195 e. The molecule has 1 heterocycles. The summed E-state index contributed by atoms with van der Waals surface area (Å²) in [7, 11) is 0. The van der Waals surface area contributed by atoms with E-state index in [2.05, 4.69) is 58.9 Å². The number of hydrogen-bond donors (Lipinski definition) is 0. The van der Waals surface area contributed by atoms with E-state index >= 15 is 0 Å². The lowest BCUT2D eigenvalue weighted by Crippen LogP contribution is -2.00. The SMILES string of the molecule is CSc1nnc(-c2ccccc2)n1-c1ccc(C)c(C)c1. The van der Waals surface area contributed by atoms with E-state index in [0.29, 0.717) is 0 Å². The minimum absolute atomic E-state index is 0.878. The lowest BCUT2D eigenvalue weighted by Gasteiger charge is -2.11. The number of aryl methyl sites for hydroxylation is 2. The topological polar surface area (TPSA) is 30.7 Å². The minimum atomic E-state index is 0.878. The molecule has 0 spiro atoms. The van der Waals surface area contributed by atoms with Gasteiger partial charge < -0.3 is 0 Å². The summed E-state index contributed by atoms with van der Waals surface area (Å²) in [5.74, 6) is 0.878. The molecule has 106 valence electrons. The van der Waals surface area contributed by atoms with Crippen LogP contribution in [-0.2, 0) is 0 Å². The molecule has 0 bridgehead atoms. The van der Waals surface area contributed by atoms with E-state index in [1.807, 2.05) is 24.5 Å². The normalized spacial score (nSPS) is 10.8. The van der Waals surface area contributed by atoms with Crippen molar-refractivity contribution in [1.29, 1.82) is 0 Å². The molecule has 4 heteroatoms. The number of aromatic nitrogens is 3. The number of hydrogen-bond acceptors (Lipinski definition) is 3. The second-order valence-electron chi connectivity index (χ2n) is 4.98. The average molecular weight is 295 g/mol. The van der Waals surface area contributed by atoms with E-state index in [0.717, 1.165) is 22.2 Å². The maximum atomic E-state index is 4.38. The van der Waals surface area contributed by atoms with E-state index in [4.69, 9.17) is 0 Å². The third-order valence-corrected chi connectivity index (χ3v) is 4.23. The number of rotatable bonds is 3. The average Bonchev–Trinajstić information content (AvgIpc) is 2.95. The third kappa shape index (κ3) is 2.59.